The lowest BCUT2D eigenvalue weighted by molar-refractivity contribution is -0.0514. The Morgan fingerprint density at radius 2 is 2.07 bits per heavy atom. The number of aryl methyl sites for hydroxylation is 1. The smallest absolute Gasteiger partial charge is 0.387 e. The van der Waals surface area contributed by atoms with E-state index in [0.717, 1.165) is 17.0 Å². The first-order valence-electron chi connectivity index (χ1n) is 8.58. The molecule has 28 heavy (non-hydrogen) atoms. The van der Waals surface area contributed by atoms with Crippen molar-refractivity contribution < 1.29 is 18.3 Å². The second kappa shape index (κ2) is 12.7. The summed E-state index contributed by atoms with van der Waals surface area (Å²) in [6, 6.07) is 4.87. The second-order valence-corrected chi connectivity index (χ2v) is 6.88. The normalized spacial score (nSPS) is 11.1. The molecule has 6 nitrogen and oxygen atoms in total. The van der Waals surface area contributed by atoms with Crippen molar-refractivity contribution in [1.82, 2.24) is 15.6 Å². The lowest BCUT2D eigenvalue weighted by atomic mass is 10.2. The van der Waals surface area contributed by atoms with Crippen molar-refractivity contribution in [2.45, 2.75) is 33.4 Å². The predicted octanol–water partition coefficient (Wildman–Crippen LogP) is 3.98. The van der Waals surface area contributed by atoms with E-state index >= 15 is 0 Å². The van der Waals surface area contributed by atoms with Crippen LogP contribution < -0.4 is 20.1 Å². The number of halogens is 3. The van der Waals surface area contributed by atoms with E-state index in [1.807, 2.05) is 13.1 Å². The SMILES string of the molecule is CCOc1cc(CNC(=NC)NCCc2ncc(C)s2)ccc1OC(F)F.I. The van der Waals surface area contributed by atoms with E-state index in [4.69, 9.17) is 4.74 Å². The standard InChI is InChI=1S/C18H24F2N4O2S.HI/c1-4-25-15-9-13(5-6-14(15)26-17(19)20)11-24-18(21-3)22-8-7-16-23-10-12(2)27-16;/h5-6,9-10,17H,4,7-8,11H2,1-3H3,(H2,21,22,24);1H. The molecule has 0 aliphatic carbocycles. The predicted molar refractivity (Wildman–Crippen MR) is 118 cm³/mol. The molecule has 0 amide bonds. The maximum atomic E-state index is 12.5. The molecule has 2 aromatic rings. The van der Waals surface area contributed by atoms with Gasteiger partial charge in [-0.25, -0.2) is 4.98 Å². The Morgan fingerprint density at radius 3 is 2.68 bits per heavy atom. The number of guanidine groups is 1. The minimum atomic E-state index is -2.89. The van der Waals surface area contributed by atoms with Gasteiger partial charge in [0.2, 0.25) is 0 Å². The second-order valence-electron chi connectivity index (χ2n) is 5.56. The van der Waals surface area contributed by atoms with Gasteiger partial charge in [-0.05, 0) is 31.5 Å². The molecule has 0 aliphatic rings. The van der Waals surface area contributed by atoms with Crippen molar-refractivity contribution in [1.29, 1.82) is 0 Å². The highest BCUT2D eigenvalue weighted by molar-refractivity contribution is 14.0. The van der Waals surface area contributed by atoms with Crippen molar-refractivity contribution in [3.63, 3.8) is 0 Å². The minimum Gasteiger partial charge on any atom is -0.490 e. The number of thiazole rings is 1. The Balaban J connectivity index is 0.00000392. The van der Waals surface area contributed by atoms with Gasteiger partial charge in [0.05, 0.1) is 11.6 Å². The van der Waals surface area contributed by atoms with Gasteiger partial charge in [0.1, 0.15) is 0 Å². The monoisotopic (exact) mass is 526 g/mol. The summed E-state index contributed by atoms with van der Waals surface area (Å²) in [6.07, 6.45) is 2.68. The molecule has 1 aromatic heterocycles. The number of aromatic nitrogens is 1. The fourth-order valence-electron chi connectivity index (χ4n) is 2.34. The summed E-state index contributed by atoms with van der Waals surface area (Å²) in [5, 5.41) is 7.48. The van der Waals surface area contributed by atoms with Gasteiger partial charge in [0.15, 0.2) is 17.5 Å². The summed E-state index contributed by atoms with van der Waals surface area (Å²) in [6.45, 7) is 2.45. The van der Waals surface area contributed by atoms with E-state index in [1.54, 1.807) is 37.4 Å². The molecule has 0 bridgehead atoms. The number of aliphatic imine (C=N–C) groups is 1. The zero-order valence-corrected chi connectivity index (χ0v) is 19.1. The molecule has 2 rings (SSSR count). The highest BCUT2D eigenvalue weighted by Gasteiger charge is 2.12. The molecular formula is C18H25F2IN4O2S. The Kier molecular flexibility index (Phi) is 11.0. The fraction of sp³-hybridized carbons (Fsp3) is 0.444. The average Bonchev–Trinajstić information content (AvgIpc) is 3.05. The Labute approximate surface area is 184 Å². The zero-order chi connectivity index (χ0) is 19.6. The highest BCUT2D eigenvalue weighted by Crippen LogP contribution is 2.29. The number of rotatable bonds is 9. The van der Waals surface area contributed by atoms with Crippen LogP contribution in [-0.2, 0) is 13.0 Å². The fourth-order valence-corrected chi connectivity index (χ4v) is 3.12. The summed E-state index contributed by atoms with van der Waals surface area (Å²) in [4.78, 5) is 9.70. The Hall–Kier alpha value is -1.69. The maximum absolute atomic E-state index is 12.5. The maximum Gasteiger partial charge on any atom is 0.387 e. The van der Waals surface area contributed by atoms with Crippen LogP contribution in [0.25, 0.3) is 0 Å². The molecule has 10 heteroatoms. The van der Waals surface area contributed by atoms with E-state index in [9.17, 15) is 8.78 Å². The Bertz CT molecular complexity index is 759. The molecule has 0 saturated carbocycles. The van der Waals surface area contributed by atoms with Crippen LogP contribution in [0.15, 0.2) is 29.4 Å². The summed E-state index contributed by atoms with van der Waals surface area (Å²) in [5.74, 6) is 0.963. The summed E-state index contributed by atoms with van der Waals surface area (Å²) < 4.78 is 34.8. The third-order valence-corrected chi connectivity index (χ3v) is 4.48. The van der Waals surface area contributed by atoms with Crippen LogP contribution in [0.3, 0.4) is 0 Å². The van der Waals surface area contributed by atoms with Gasteiger partial charge in [-0.15, -0.1) is 35.3 Å². The molecule has 0 saturated heterocycles. The van der Waals surface area contributed by atoms with E-state index in [-0.39, 0.29) is 29.7 Å². The van der Waals surface area contributed by atoms with E-state index < -0.39 is 6.61 Å². The quantitative estimate of drug-likeness (QED) is 0.294. The van der Waals surface area contributed by atoms with Gasteiger partial charge in [-0.1, -0.05) is 6.07 Å². The third kappa shape index (κ3) is 8.13. The lowest BCUT2D eigenvalue weighted by Gasteiger charge is -2.14. The van der Waals surface area contributed by atoms with Gasteiger partial charge >= 0.3 is 6.61 Å². The largest absolute Gasteiger partial charge is 0.490 e. The molecule has 1 heterocycles. The molecule has 0 unspecified atom stereocenters. The molecule has 0 fully saturated rings. The van der Waals surface area contributed by atoms with Gasteiger partial charge in [-0.3, -0.25) is 4.99 Å². The highest BCUT2D eigenvalue weighted by atomic mass is 127. The summed E-state index contributed by atoms with van der Waals surface area (Å²) in [5.41, 5.74) is 0.860. The van der Waals surface area contributed by atoms with Gasteiger partial charge in [-0.2, -0.15) is 8.78 Å². The van der Waals surface area contributed by atoms with Crippen molar-refractivity contribution in [2.75, 3.05) is 20.2 Å². The van der Waals surface area contributed by atoms with Gasteiger partial charge < -0.3 is 20.1 Å². The summed E-state index contributed by atoms with van der Waals surface area (Å²) in [7, 11) is 1.69. The zero-order valence-electron chi connectivity index (χ0n) is 16.0. The average molecular weight is 526 g/mol. The lowest BCUT2D eigenvalue weighted by Crippen LogP contribution is -2.37. The van der Waals surface area contributed by atoms with Crippen molar-refractivity contribution >= 4 is 41.3 Å². The van der Waals surface area contributed by atoms with Crippen LogP contribution in [0.2, 0.25) is 0 Å². The third-order valence-electron chi connectivity index (χ3n) is 3.51. The number of hydrogen-bond acceptors (Lipinski definition) is 5. The Morgan fingerprint density at radius 1 is 1.29 bits per heavy atom. The van der Waals surface area contributed by atoms with Crippen molar-refractivity contribution in [3.05, 3.63) is 39.8 Å². The van der Waals surface area contributed by atoms with Crippen LogP contribution in [0, 0.1) is 6.92 Å². The molecule has 156 valence electrons. The number of nitrogens with zero attached hydrogens (tertiary/aromatic N) is 2. The van der Waals surface area contributed by atoms with Gasteiger partial charge in [0, 0.05) is 37.6 Å². The van der Waals surface area contributed by atoms with Crippen molar-refractivity contribution in [2.24, 2.45) is 4.99 Å². The number of benzene rings is 1. The molecule has 2 N–H and O–H groups in total. The van der Waals surface area contributed by atoms with Crippen molar-refractivity contribution in [3.8, 4) is 11.5 Å². The topological polar surface area (TPSA) is 67.8 Å². The van der Waals surface area contributed by atoms with E-state index in [2.05, 4.69) is 25.3 Å². The first kappa shape index (κ1) is 24.3. The summed E-state index contributed by atoms with van der Waals surface area (Å²) >= 11 is 1.68. The number of alkyl halides is 2. The number of nitrogens with one attached hydrogen (secondary N) is 2. The van der Waals surface area contributed by atoms with E-state index in [0.29, 0.717) is 31.4 Å². The molecule has 0 radical (unpaired) electrons. The molecule has 0 spiro atoms. The van der Waals surface area contributed by atoms with Crippen LogP contribution in [0.4, 0.5) is 8.78 Å². The van der Waals surface area contributed by atoms with Crippen LogP contribution >= 0.6 is 35.3 Å². The molecule has 0 aliphatic heterocycles. The van der Waals surface area contributed by atoms with Gasteiger partial charge in [0.25, 0.3) is 0 Å². The van der Waals surface area contributed by atoms with Crippen LogP contribution in [-0.4, -0.2) is 37.8 Å². The van der Waals surface area contributed by atoms with Crippen LogP contribution in [0.5, 0.6) is 11.5 Å². The minimum absolute atomic E-state index is 0. The first-order chi connectivity index (χ1) is 13.0. The first-order valence-corrected chi connectivity index (χ1v) is 9.39. The molecule has 1 aromatic carbocycles. The number of hydrogen-bond donors (Lipinski definition) is 2. The molecule has 0 atom stereocenters. The number of ether oxygens (including phenoxy) is 2. The molecular weight excluding hydrogens is 501 g/mol. The van der Waals surface area contributed by atoms with Crippen LogP contribution in [0.1, 0.15) is 22.4 Å². The van der Waals surface area contributed by atoms with E-state index in [1.165, 1.54) is 10.9 Å².